The summed E-state index contributed by atoms with van der Waals surface area (Å²) in [6.07, 6.45) is 1.64. The van der Waals surface area contributed by atoms with E-state index in [2.05, 4.69) is 44.7 Å². The summed E-state index contributed by atoms with van der Waals surface area (Å²) in [7, 11) is -4.39. The molecule has 3 unspecified atom stereocenters. The maximum absolute atomic E-state index is 10.9. The van der Waals surface area contributed by atoms with Crippen molar-refractivity contribution in [2.45, 2.75) is 63.8 Å². The average Bonchev–Trinajstić information content (AvgIpc) is 2.97. The van der Waals surface area contributed by atoms with E-state index in [1.165, 1.54) is 11.1 Å². The number of rotatable bonds is 21. The van der Waals surface area contributed by atoms with Crippen LogP contribution in [0.25, 0.3) is 0 Å². The van der Waals surface area contributed by atoms with Gasteiger partial charge in [0.2, 0.25) is 0 Å². The van der Waals surface area contributed by atoms with Crippen LogP contribution >= 0.6 is 0 Å². The first-order valence-corrected chi connectivity index (χ1v) is 24.0. The largest absolute Gasteiger partial charge is 0.561 e. The summed E-state index contributed by atoms with van der Waals surface area (Å²) in [4.78, 5) is 0. The molecule has 15 heteroatoms. The smallest absolute Gasteiger partial charge is 0.474 e. The van der Waals surface area contributed by atoms with Gasteiger partial charge >= 0.3 is 26.8 Å². The Hall–Kier alpha value is -1.26. The fourth-order valence-electron chi connectivity index (χ4n) is 4.34. The average molecular weight is 673 g/mol. The summed E-state index contributed by atoms with van der Waals surface area (Å²) in [6.45, 7) is 11.6. The van der Waals surface area contributed by atoms with E-state index < -0.39 is 46.1 Å². The standard InChI is InChI=1S/C26H48O9Si6/c1-26(2,22-10-14-24(15-11-22)30-18-8-20-40(6,28-3)34-37-27)23-12-16-25(17-13-23)31-19-9-21-41(7,29-4)35-39(5)33-38-32-36/h10-17,37,39H,8-9,18-21,38H2,1-7,36H3. The van der Waals surface area contributed by atoms with Crippen molar-refractivity contribution in [3.05, 3.63) is 59.7 Å². The van der Waals surface area contributed by atoms with Crippen LogP contribution in [0.2, 0.25) is 31.7 Å². The summed E-state index contributed by atoms with van der Waals surface area (Å²) in [5.74, 6) is 1.68. The molecule has 0 aromatic heterocycles. The van der Waals surface area contributed by atoms with Crippen LogP contribution in [-0.4, -0.2) is 84.0 Å². The molecule has 0 fully saturated rings. The van der Waals surface area contributed by atoms with Crippen molar-refractivity contribution in [2.24, 2.45) is 0 Å². The van der Waals surface area contributed by atoms with E-state index in [0.29, 0.717) is 23.7 Å². The van der Waals surface area contributed by atoms with E-state index in [-0.39, 0.29) is 5.41 Å². The molecular formula is C26H48O9Si6. The molecule has 0 heterocycles. The highest BCUT2D eigenvalue weighted by atomic mass is 28.4. The Morgan fingerprint density at radius 2 is 1.32 bits per heavy atom. The van der Waals surface area contributed by atoms with Gasteiger partial charge in [0.15, 0.2) is 0 Å². The first-order valence-electron chi connectivity index (χ1n) is 14.0. The second kappa shape index (κ2) is 17.8. The zero-order valence-electron chi connectivity index (χ0n) is 25.9. The molecule has 0 aliphatic heterocycles. The monoisotopic (exact) mass is 672 g/mol. The maximum Gasteiger partial charge on any atom is 0.474 e. The molecule has 0 aliphatic rings. The van der Waals surface area contributed by atoms with Gasteiger partial charge in [-0.05, 0) is 73.9 Å². The van der Waals surface area contributed by atoms with Gasteiger partial charge in [-0.2, -0.15) is 0 Å². The van der Waals surface area contributed by atoms with Gasteiger partial charge < -0.3 is 39.2 Å². The second-order valence-corrected chi connectivity index (χ2v) is 24.2. The Kier molecular flexibility index (Phi) is 15.6. The summed E-state index contributed by atoms with van der Waals surface area (Å²) in [5, 5.41) is 0. The van der Waals surface area contributed by atoms with Gasteiger partial charge in [0.05, 0.1) is 13.2 Å². The predicted octanol–water partition coefficient (Wildman–Crippen LogP) is 2.88. The van der Waals surface area contributed by atoms with E-state index >= 15 is 0 Å². The Morgan fingerprint density at radius 3 is 1.73 bits per heavy atom. The highest BCUT2D eigenvalue weighted by molar-refractivity contribution is 6.73. The van der Waals surface area contributed by atoms with Crippen molar-refractivity contribution in [3.8, 4) is 11.5 Å². The summed E-state index contributed by atoms with van der Waals surface area (Å²) >= 11 is 0. The fourth-order valence-corrected chi connectivity index (χ4v) is 15.1. The minimum atomic E-state index is -2.34. The second-order valence-electron chi connectivity index (χ2n) is 10.7. The van der Waals surface area contributed by atoms with Gasteiger partial charge in [-0.25, -0.2) is 0 Å². The zero-order chi connectivity index (χ0) is 30.4. The van der Waals surface area contributed by atoms with Crippen LogP contribution < -0.4 is 9.47 Å². The molecule has 0 bridgehead atoms. The topological polar surface area (TPSA) is 90.9 Å². The quantitative estimate of drug-likeness (QED) is 0.147. The van der Waals surface area contributed by atoms with Gasteiger partial charge in [-0.3, -0.25) is 0 Å². The molecule has 0 N–H and O–H groups in total. The van der Waals surface area contributed by atoms with E-state index in [0.717, 1.165) is 36.4 Å². The van der Waals surface area contributed by atoms with E-state index in [4.69, 9.17) is 34.8 Å². The van der Waals surface area contributed by atoms with Gasteiger partial charge in [-0.15, -0.1) is 0 Å². The molecule has 0 amide bonds. The molecular weight excluding hydrogens is 625 g/mol. The van der Waals surface area contributed by atoms with Gasteiger partial charge in [0.1, 0.15) is 22.0 Å². The summed E-state index contributed by atoms with van der Waals surface area (Å²) in [5.41, 5.74) is 2.23. The Labute approximate surface area is 257 Å². The third-order valence-corrected chi connectivity index (χ3v) is 20.6. The first-order chi connectivity index (χ1) is 19.5. The molecule has 3 atom stereocenters. The third kappa shape index (κ3) is 12.1. The lowest BCUT2D eigenvalue weighted by Gasteiger charge is -2.28. The molecule has 2 aromatic carbocycles. The molecule has 0 radical (unpaired) electrons. The molecule has 2 aromatic rings. The van der Waals surface area contributed by atoms with Crippen molar-refractivity contribution in [1.29, 1.82) is 0 Å². The van der Waals surface area contributed by atoms with Crippen LogP contribution in [-0.2, 0) is 35.2 Å². The Balaban J connectivity index is 1.84. The van der Waals surface area contributed by atoms with Gasteiger partial charge in [0, 0.05) is 25.7 Å². The lowest BCUT2D eigenvalue weighted by atomic mass is 9.78. The Morgan fingerprint density at radius 1 is 0.854 bits per heavy atom. The number of hydrogen-bond acceptors (Lipinski definition) is 9. The first kappa shape index (κ1) is 35.9. The fraction of sp³-hybridized carbons (Fsp3) is 0.538. The van der Waals surface area contributed by atoms with Crippen molar-refractivity contribution in [1.82, 2.24) is 0 Å². The van der Waals surface area contributed by atoms with Gasteiger partial charge in [-0.1, -0.05) is 38.1 Å². The van der Waals surface area contributed by atoms with Crippen molar-refractivity contribution in [3.63, 3.8) is 0 Å². The number of ether oxygens (including phenoxy) is 2. The lowest BCUT2D eigenvalue weighted by molar-refractivity contribution is 0.269. The van der Waals surface area contributed by atoms with E-state index in [1.807, 2.05) is 37.4 Å². The normalized spacial score (nSPS) is 15.8. The lowest BCUT2D eigenvalue weighted by Crippen LogP contribution is -2.43. The summed E-state index contributed by atoms with van der Waals surface area (Å²) < 4.78 is 56.7. The van der Waals surface area contributed by atoms with Crippen LogP contribution in [0.1, 0.15) is 37.8 Å². The number of hydrogen-bond donors (Lipinski definition) is 0. The van der Waals surface area contributed by atoms with Crippen LogP contribution in [0, 0.1) is 0 Å². The molecule has 0 spiro atoms. The summed E-state index contributed by atoms with van der Waals surface area (Å²) in [6, 6.07) is 18.2. The van der Waals surface area contributed by atoms with Crippen molar-refractivity contribution in [2.75, 3.05) is 27.4 Å². The zero-order valence-corrected chi connectivity index (χ0v) is 33.6. The molecule has 9 nitrogen and oxygen atoms in total. The minimum absolute atomic E-state index is 0.180. The van der Waals surface area contributed by atoms with E-state index in [9.17, 15) is 4.46 Å². The van der Waals surface area contributed by atoms with Crippen LogP contribution in [0.15, 0.2) is 48.5 Å². The molecule has 2 rings (SSSR count). The molecule has 0 saturated carbocycles. The molecule has 41 heavy (non-hydrogen) atoms. The molecule has 230 valence electrons. The highest BCUT2D eigenvalue weighted by Crippen LogP contribution is 2.33. The molecule has 0 aliphatic carbocycles. The van der Waals surface area contributed by atoms with E-state index in [1.54, 1.807) is 14.2 Å². The Bertz CT molecular complexity index is 1030. The van der Waals surface area contributed by atoms with Crippen molar-refractivity contribution >= 4 is 56.5 Å². The molecule has 0 saturated heterocycles. The van der Waals surface area contributed by atoms with Crippen LogP contribution in [0.5, 0.6) is 11.5 Å². The van der Waals surface area contributed by atoms with Crippen LogP contribution in [0.3, 0.4) is 0 Å². The van der Waals surface area contributed by atoms with Crippen molar-refractivity contribution < 1.29 is 39.2 Å². The minimum Gasteiger partial charge on any atom is -0.561 e. The third-order valence-electron chi connectivity index (χ3n) is 7.24. The van der Waals surface area contributed by atoms with Crippen LogP contribution in [0.4, 0.5) is 0 Å². The maximum atomic E-state index is 10.9. The number of benzene rings is 2. The predicted molar refractivity (Wildman–Crippen MR) is 176 cm³/mol. The highest BCUT2D eigenvalue weighted by Gasteiger charge is 2.33. The van der Waals surface area contributed by atoms with Gasteiger partial charge in [0.25, 0.3) is 19.3 Å². The SMILES string of the molecule is CO[Si](C)(CCCOc1ccc(C(C)(C)c2ccc(OCCC[Si](C)(OC)O[SiH](C)O[SiH2]O[SiH3])cc2)cc1)O[SiH]=O.